The Morgan fingerprint density at radius 2 is 1.82 bits per heavy atom. The Kier molecular flexibility index (Phi) is 13.0. The molecular weight excluding hydrogens is 654 g/mol. The number of methoxy groups -OCH3 is 1. The van der Waals surface area contributed by atoms with E-state index in [0.717, 1.165) is 19.4 Å². The van der Waals surface area contributed by atoms with Gasteiger partial charge in [0.05, 0.1) is 56.4 Å². The highest BCUT2D eigenvalue weighted by molar-refractivity contribution is 6.00. The minimum atomic E-state index is -1.97. The molecule has 17 unspecified atom stereocenters. The Morgan fingerprint density at radius 1 is 1.10 bits per heavy atom. The maximum atomic E-state index is 14.5. The molecule has 5 rings (SSSR count). The summed E-state index contributed by atoms with van der Waals surface area (Å²) in [5.41, 5.74) is 10.1. The minimum Gasteiger partial charge on any atom is -0.396 e. The number of aliphatic hydroxyl groups is 6. The lowest BCUT2D eigenvalue weighted by Crippen LogP contribution is -2.94. The Hall–Kier alpha value is -1.83. The highest BCUT2D eigenvalue weighted by Gasteiger charge is 2.62. The molecule has 5 aliphatic rings. The number of nitrogens with one attached hydrogen (secondary N) is 2. The number of piperidine rings is 1. The summed E-state index contributed by atoms with van der Waals surface area (Å²) in [7, 11) is 3.14. The number of Topliss-reactive ketones (excluding diaryl/α,β-unsaturated/α-hetero) is 2. The van der Waals surface area contributed by atoms with Gasteiger partial charge in [-0.15, -0.1) is 0 Å². The van der Waals surface area contributed by atoms with E-state index in [0.29, 0.717) is 12.8 Å². The third-order valence-corrected chi connectivity index (χ3v) is 12.6. The predicted molar refractivity (Wildman–Crippen MR) is 176 cm³/mol. The van der Waals surface area contributed by atoms with Gasteiger partial charge in [-0.3, -0.25) is 31.4 Å². The second-order valence-corrected chi connectivity index (χ2v) is 15.5. The van der Waals surface area contributed by atoms with Crippen molar-refractivity contribution in [1.82, 2.24) is 5.32 Å². The van der Waals surface area contributed by atoms with Crippen LogP contribution in [0.15, 0.2) is 0 Å². The largest absolute Gasteiger partial charge is 0.396 e. The van der Waals surface area contributed by atoms with Crippen molar-refractivity contribution in [3.05, 3.63) is 0 Å². The van der Waals surface area contributed by atoms with Crippen LogP contribution in [0.1, 0.15) is 58.3 Å². The zero-order valence-electron chi connectivity index (χ0n) is 29.5. The second-order valence-electron chi connectivity index (χ2n) is 15.5. The van der Waals surface area contributed by atoms with Gasteiger partial charge in [-0.1, -0.05) is 6.92 Å². The van der Waals surface area contributed by atoms with E-state index in [9.17, 15) is 40.2 Å². The number of aliphatic hydroxyl groups excluding tert-OH is 5. The van der Waals surface area contributed by atoms with Gasteiger partial charge in [0.25, 0.3) is 0 Å². The predicted octanol–water partition coefficient (Wildman–Crippen LogP) is -5.61. The summed E-state index contributed by atoms with van der Waals surface area (Å²) in [5, 5.41) is 71.4. The number of carbonyl (C=O) groups is 2. The third kappa shape index (κ3) is 7.62. The highest BCUT2D eigenvalue weighted by atomic mass is 16.7. The monoisotopic (exact) mass is 715 g/mol. The number of ether oxygens (including phenoxy) is 3. The van der Waals surface area contributed by atoms with Crippen molar-refractivity contribution in [2.24, 2.45) is 52.9 Å². The maximum Gasteiger partial charge on any atom is 0.341 e. The van der Waals surface area contributed by atoms with Crippen molar-refractivity contribution in [2.45, 2.75) is 119 Å². The van der Waals surface area contributed by atoms with Crippen molar-refractivity contribution in [3.63, 3.8) is 0 Å². The van der Waals surface area contributed by atoms with Crippen molar-refractivity contribution in [2.75, 3.05) is 33.9 Å². The first kappa shape index (κ1) is 39.4. The van der Waals surface area contributed by atoms with Crippen molar-refractivity contribution in [3.8, 4) is 0 Å². The first-order valence-corrected chi connectivity index (χ1v) is 18.3. The lowest BCUT2D eigenvalue weighted by molar-refractivity contribution is -0.699. The fraction of sp³-hybridized carbons (Fsp3) is 0.912. The number of quaternary nitrogens is 1. The molecule has 2 saturated heterocycles. The molecule has 14 N–H and O–H groups in total. The average molecular weight is 716 g/mol. The van der Waals surface area contributed by atoms with Crippen LogP contribution in [0.2, 0.25) is 0 Å². The molecule has 16 nitrogen and oxygen atoms in total. The number of fused-ring (bicyclic) bond motifs is 2. The first-order valence-electron chi connectivity index (χ1n) is 18.3. The summed E-state index contributed by atoms with van der Waals surface area (Å²) in [6, 6.07) is -0.482. The van der Waals surface area contributed by atoms with Crippen LogP contribution in [0.5, 0.6) is 0 Å². The smallest absolute Gasteiger partial charge is 0.341 e. The molecule has 0 radical (unpaired) electrons. The lowest BCUT2D eigenvalue weighted by Gasteiger charge is -2.53. The number of hydrogen-bond acceptors (Lipinski definition) is 12. The number of ketones is 2. The summed E-state index contributed by atoms with van der Waals surface area (Å²) < 4.78 is 17.9. The van der Waals surface area contributed by atoms with E-state index in [1.807, 2.05) is 6.92 Å². The van der Waals surface area contributed by atoms with E-state index in [1.54, 1.807) is 7.05 Å². The number of nitrogens with two attached hydrogens (primary N) is 3. The number of hydrogen-bond donors (Lipinski definition) is 11. The van der Waals surface area contributed by atoms with Gasteiger partial charge in [0.1, 0.15) is 41.6 Å². The van der Waals surface area contributed by atoms with Gasteiger partial charge in [0, 0.05) is 50.7 Å². The molecule has 5 fully saturated rings. The van der Waals surface area contributed by atoms with Crippen LogP contribution < -0.4 is 27.1 Å². The molecule has 3 saturated carbocycles. The van der Waals surface area contributed by atoms with Crippen molar-refractivity contribution < 1.29 is 64.7 Å². The quantitative estimate of drug-likeness (QED) is 0.0703. The molecule has 50 heavy (non-hydrogen) atoms. The van der Waals surface area contributed by atoms with Gasteiger partial charge in [0.2, 0.25) is 0 Å². The van der Waals surface area contributed by atoms with E-state index in [4.69, 9.17) is 25.7 Å². The van der Waals surface area contributed by atoms with Gasteiger partial charge in [-0.25, -0.2) is 0 Å². The first-order chi connectivity index (χ1) is 23.8. The summed E-state index contributed by atoms with van der Waals surface area (Å²) in [6.07, 6.45) is -5.81. The van der Waals surface area contributed by atoms with E-state index in [2.05, 4.69) is 15.6 Å². The summed E-state index contributed by atoms with van der Waals surface area (Å²) in [6.45, 7) is 1.92. The fourth-order valence-electron chi connectivity index (χ4n) is 9.91. The van der Waals surface area contributed by atoms with Crippen LogP contribution >= 0.6 is 0 Å². The Balaban J connectivity index is 1.37. The summed E-state index contributed by atoms with van der Waals surface area (Å²) in [5.74, 6) is -4.24. The molecule has 16 heteroatoms. The molecule has 2 heterocycles. The van der Waals surface area contributed by atoms with E-state index < -0.39 is 90.8 Å². The molecule has 17 atom stereocenters. The third-order valence-electron chi connectivity index (χ3n) is 12.6. The standard InChI is InChI=1S/C34H59N5O11/c1-15-10-18-26(28(43)24(15)20(6-9-40)39-33(36)37-2)29(44)25-19(27(18)42)12-17(48-3)13-21(25)49-32-30(45)31(46)34(47,22(14-41)50-32)7-4-16-5-8-38-23(35)11-16/h15-26,28,30-32,38,40-41,43,45-47H,4-14,35H2,1-3H3,(H3,36,37,39)/p+2. The molecule has 3 aliphatic carbocycles. The van der Waals surface area contributed by atoms with Crippen LogP contribution in [0.4, 0.5) is 0 Å². The van der Waals surface area contributed by atoms with Gasteiger partial charge in [-0.2, -0.15) is 0 Å². The van der Waals surface area contributed by atoms with E-state index >= 15 is 0 Å². The average Bonchev–Trinajstić information content (AvgIpc) is 3.09. The van der Waals surface area contributed by atoms with Gasteiger partial charge < -0.3 is 50.2 Å². The maximum absolute atomic E-state index is 14.5. The Bertz CT molecular complexity index is 1210. The molecule has 0 spiro atoms. The molecule has 0 aromatic heterocycles. The molecule has 0 aromatic rings. The van der Waals surface area contributed by atoms with Crippen molar-refractivity contribution in [1.29, 1.82) is 0 Å². The van der Waals surface area contributed by atoms with Gasteiger partial charge in [-0.05, 0) is 43.9 Å². The van der Waals surface area contributed by atoms with Crippen LogP contribution in [0, 0.1) is 41.4 Å². The Labute approximate surface area is 293 Å². The van der Waals surface area contributed by atoms with Crippen LogP contribution in [-0.2, 0) is 23.8 Å². The van der Waals surface area contributed by atoms with Crippen LogP contribution in [0.25, 0.3) is 0 Å². The lowest BCUT2D eigenvalue weighted by atomic mass is 9.53. The molecule has 0 aromatic carbocycles. The van der Waals surface area contributed by atoms with E-state index in [-0.39, 0.29) is 67.8 Å². The van der Waals surface area contributed by atoms with Gasteiger partial charge >= 0.3 is 5.96 Å². The van der Waals surface area contributed by atoms with Crippen LogP contribution in [0.3, 0.4) is 0 Å². The molecule has 286 valence electrons. The number of carbonyl (C=O) groups excluding carboxylic acids is 2. The second kappa shape index (κ2) is 16.5. The highest BCUT2D eigenvalue weighted by Crippen LogP contribution is 2.51. The zero-order chi connectivity index (χ0) is 36.5. The fourth-order valence-corrected chi connectivity index (χ4v) is 9.91. The summed E-state index contributed by atoms with van der Waals surface area (Å²) in [4.78, 5) is 31.6. The molecule has 0 amide bonds. The summed E-state index contributed by atoms with van der Waals surface area (Å²) >= 11 is 0. The molecule has 2 aliphatic heterocycles. The SMILES string of the molecule is C[NH+]=C(N)NC(CCO)C1C(C)CC2C(=O)C3CC(OC)CC(OC4OC(CO)C(O)(CCC5CC[NH2+]C(N)C5)C(O)C4O)C3C(=O)C2C1O. The molecule has 0 bridgehead atoms. The number of guanidine groups is 1. The van der Waals surface area contributed by atoms with Crippen molar-refractivity contribution >= 4 is 17.5 Å². The Morgan fingerprint density at radius 3 is 2.46 bits per heavy atom. The number of rotatable bonds is 11. The van der Waals surface area contributed by atoms with E-state index in [1.165, 1.54) is 7.11 Å². The van der Waals surface area contributed by atoms with Gasteiger partial charge in [0.15, 0.2) is 6.29 Å². The minimum absolute atomic E-state index is 0.0499. The zero-order valence-corrected chi connectivity index (χ0v) is 29.5. The van der Waals surface area contributed by atoms with Crippen LogP contribution in [-0.4, -0.2) is 143 Å². The normalized spacial score (nSPS) is 46.2. The molecular formula is C34H61N5O11+2. The topological polar surface area (TPSA) is 278 Å².